The number of carbonyl (C=O) groups excluding carboxylic acids is 2. The minimum atomic E-state index is -0.501. The van der Waals surface area contributed by atoms with Gasteiger partial charge in [0.05, 0.1) is 6.20 Å². The predicted molar refractivity (Wildman–Crippen MR) is 75.8 cm³/mol. The van der Waals surface area contributed by atoms with Crippen LogP contribution in [-0.2, 0) is 11.8 Å². The van der Waals surface area contributed by atoms with Crippen LogP contribution in [-0.4, -0.2) is 21.6 Å². The van der Waals surface area contributed by atoms with E-state index in [-0.39, 0.29) is 5.91 Å². The molecule has 6 nitrogen and oxygen atoms in total. The smallest absolute Gasteiger partial charge is 0.248 e. The molecule has 0 saturated heterocycles. The van der Waals surface area contributed by atoms with Gasteiger partial charge >= 0.3 is 0 Å². The summed E-state index contributed by atoms with van der Waals surface area (Å²) in [5.41, 5.74) is 6.96. The molecule has 0 aliphatic rings. The van der Waals surface area contributed by atoms with E-state index in [0.717, 1.165) is 5.56 Å². The van der Waals surface area contributed by atoms with E-state index in [4.69, 9.17) is 5.73 Å². The fourth-order valence-electron chi connectivity index (χ4n) is 1.60. The predicted octanol–water partition coefficient (Wildman–Crippen LogP) is 1.17. The molecule has 0 bridgehead atoms. The van der Waals surface area contributed by atoms with Crippen molar-refractivity contribution in [1.82, 2.24) is 9.78 Å². The van der Waals surface area contributed by atoms with Gasteiger partial charge in [0.1, 0.15) is 0 Å². The lowest BCUT2D eigenvalue weighted by atomic mass is 10.2. The van der Waals surface area contributed by atoms with E-state index in [1.54, 1.807) is 54.5 Å². The van der Waals surface area contributed by atoms with Crippen molar-refractivity contribution in [3.05, 3.63) is 53.9 Å². The summed E-state index contributed by atoms with van der Waals surface area (Å²) in [6, 6.07) is 6.36. The molecule has 0 saturated carbocycles. The zero-order valence-electron chi connectivity index (χ0n) is 10.9. The average Bonchev–Trinajstić information content (AvgIpc) is 2.83. The van der Waals surface area contributed by atoms with Crippen LogP contribution in [0, 0.1) is 0 Å². The normalized spacial score (nSPS) is 10.7. The number of benzene rings is 1. The zero-order valence-corrected chi connectivity index (χ0v) is 10.9. The first kappa shape index (κ1) is 13.5. The molecule has 1 aromatic carbocycles. The van der Waals surface area contributed by atoms with E-state index in [0.29, 0.717) is 11.3 Å². The molecule has 3 N–H and O–H groups in total. The second-order valence-electron chi connectivity index (χ2n) is 4.21. The standard InChI is InChI=1S/C14H14N4O2/c1-18-9-10(8-16-18)2-7-13(19)17-12-5-3-11(4-6-12)14(15)20/h2-9H,1H3,(H2,15,20)(H,17,19)/b7-2+. The van der Waals surface area contributed by atoms with Gasteiger partial charge in [-0.1, -0.05) is 0 Å². The van der Waals surface area contributed by atoms with E-state index in [2.05, 4.69) is 10.4 Å². The molecule has 0 unspecified atom stereocenters. The van der Waals surface area contributed by atoms with E-state index < -0.39 is 5.91 Å². The number of aryl methyl sites for hydroxylation is 1. The molecular weight excluding hydrogens is 256 g/mol. The molecule has 2 amide bonds. The third-order valence-electron chi connectivity index (χ3n) is 2.59. The number of nitrogens with zero attached hydrogens (tertiary/aromatic N) is 2. The molecule has 0 atom stereocenters. The average molecular weight is 270 g/mol. The lowest BCUT2D eigenvalue weighted by Gasteiger charge is -2.02. The number of nitrogens with two attached hydrogens (primary N) is 1. The van der Waals surface area contributed by atoms with E-state index >= 15 is 0 Å². The van der Waals surface area contributed by atoms with Crippen molar-refractivity contribution in [3.63, 3.8) is 0 Å². The summed E-state index contributed by atoms with van der Waals surface area (Å²) in [6.07, 6.45) is 6.54. The summed E-state index contributed by atoms with van der Waals surface area (Å²) in [4.78, 5) is 22.6. The molecule has 0 fully saturated rings. The summed E-state index contributed by atoms with van der Waals surface area (Å²) in [7, 11) is 1.80. The number of hydrogen-bond donors (Lipinski definition) is 2. The highest BCUT2D eigenvalue weighted by Crippen LogP contribution is 2.09. The highest BCUT2D eigenvalue weighted by Gasteiger charge is 2.01. The van der Waals surface area contributed by atoms with Crippen molar-refractivity contribution in [1.29, 1.82) is 0 Å². The maximum Gasteiger partial charge on any atom is 0.248 e. The maximum atomic E-state index is 11.7. The molecule has 0 aliphatic heterocycles. The van der Waals surface area contributed by atoms with Crippen LogP contribution in [0.5, 0.6) is 0 Å². The van der Waals surface area contributed by atoms with Gasteiger partial charge in [0.25, 0.3) is 0 Å². The summed E-state index contributed by atoms with van der Waals surface area (Å²) >= 11 is 0. The molecule has 1 heterocycles. The Morgan fingerprint density at radius 3 is 2.55 bits per heavy atom. The fourth-order valence-corrected chi connectivity index (χ4v) is 1.60. The largest absolute Gasteiger partial charge is 0.366 e. The molecule has 0 spiro atoms. The maximum absolute atomic E-state index is 11.7. The van der Waals surface area contributed by atoms with Crippen molar-refractivity contribution in [2.45, 2.75) is 0 Å². The van der Waals surface area contributed by atoms with Gasteiger partial charge in [0.2, 0.25) is 11.8 Å². The van der Waals surface area contributed by atoms with Crippen molar-refractivity contribution in [2.24, 2.45) is 12.8 Å². The van der Waals surface area contributed by atoms with Gasteiger partial charge in [-0.15, -0.1) is 0 Å². The van der Waals surface area contributed by atoms with E-state index in [1.165, 1.54) is 6.08 Å². The van der Waals surface area contributed by atoms with Crippen LogP contribution in [0.2, 0.25) is 0 Å². The summed E-state index contributed by atoms with van der Waals surface area (Å²) in [5.74, 6) is -0.764. The van der Waals surface area contributed by atoms with E-state index in [9.17, 15) is 9.59 Å². The Morgan fingerprint density at radius 1 is 1.30 bits per heavy atom. The minimum absolute atomic E-state index is 0.263. The van der Waals surface area contributed by atoms with Gasteiger partial charge in [0.15, 0.2) is 0 Å². The van der Waals surface area contributed by atoms with Crippen LogP contribution in [0.15, 0.2) is 42.7 Å². The van der Waals surface area contributed by atoms with Crippen molar-refractivity contribution >= 4 is 23.6 Å². The molecule has 102 valence electrons. The van der Waals surface area contributed by atoms with Crippen LogP contribution in [0.25, 0.3) is 6.08 Å². The molecule has 0 aliphatic carbocycles. The van der Waals surface area contributed by atoms with Crippen molar-refractivity contribution in [3.8, 4) is 0 Å². The summed E-state index contributed by atoms with van der Waals surface area (Å²) in [6.45, 7) is 0. The lowest BCUT2D eigenvalue weighted by molar-refractivity contribution is -0.111. The van der Waals surface area contributed by atoms with Crippen molar-refractivity contribution in [2.75, 3.05) is 5.32 Å². The molecule has 2 rings (SSSR count). The number of carbonyl (C=O) groups is 2. The number of primary amides is 1. The zero-order chi connectivity index (χ0) is 14.5. The third kappa shape index (κ3) is 3.55. The van der Waals surface area contributed by atoms with Crippen LogP contribution in [0.4, 0.5) is 5.69 Å². The second-order valence-corrected chi connectivity index (χ2v) is 4.21. The number of aromatic nitrogens is 2. The van der Waals surface area contributed by atoms with Gasteiger partial charge in [-0.2, -0.15) is 5.10 Å². The second kappa shape index (κ2) is 5.83. The van der Waals surface area contributed by atoms with Gasteiger partial charge in [-0.05, 0) is 30.3 Å². The number of rotatable bonds is 4. The monoisotopic (exact) mass is 270 g/mol. The Labute approximate surface area is 115 Å². The SMILES string of the molecule is Cn1cc(/C=C/C(=O)Nc2ccc(C(N)=O)cc2)cn1. The third-order valence-corrected chi connectivity index (χ3v) is 2.59. The molecule has 2 aromatic rings. The number of nitrogens with one attached hydrogen (secondary N) is 1. The van der Waals surface area contributed by atoms with Crippen LogP contribution in [0.3, 0.4) is 0 Å². The number of anilines is 1. The minimum Gasteiger partial charge on any atom is -0.366 e. The van der Waals surface area contributed by atoms with E-state index in [1.807, 2.05) is 0 Å². The molecule has 1 aromatic heterocycles. The summed E-state index contributed by atoms with van der Waals surface area (Å²) in [5, 5.41) is 6.67. The Bertz CT molecular complexity index is 656. The molecule has 6 heteroatoms. The quantitative estimate of drug-likeness (QED) is 0.817. The van der Waals surface area contributed by atoms with Gasteiger partial charge in [0, 0.05) is 36.1 Å². The molecule has 20 heavy (non-hydrogen) atoms. The summed E-state index contributed by atoms with van der Waals surface area (Å²) < 4.78 is 1.65. The van der Waals surface area contributed by atoms with Crippen LogP contribution in [0.1, 0.15) is 15.9 Å². The van der Waals surface area contributed by atoms with Crippen LogP contribution >= 0.6 is 0 Å². The van der Waals surface area contributed by atoms with Gasteiger partial charge in [-0.25, -0.2) is 0 Å². The Hall–Kier alpha value is -2.89. The topological polar surface area (TPSA) is 90.0 Å². The van der Waals surface area contributed by atoms with Gasteiger partial charge < -0.3 is 11.1 Å². The first-order valence-electron chi connectivity index (χ1n) is 5.92. The first-order valence-corrected chi connectivity index (χ1v) is 5.92. The van der Waals surface area contributed by atoms with Crippen LogP contribution < -0.4 is 11.1 Å². The van der Waals surface area contributed by atoms with Crippen molar-refractivity contribution < 1.29 is 9.59 Å². The Balaban J connectivity index is 1.97. The Morgan fingerprint density at radius 2 is 2.00 bits per heavy atom. The Kier molecular flexibility index (Phi) is 3.95. The number of hydrogen-bond acceptors (Lipinski definition) is 3. The first-order chi connectivity index (χ1) is 9.54. The molecule has 0 radical (unpaired) electrons. The lowest BCUT2D eigenvalue weighted by Crippen LogP contribution is -2.11. The highest BCUT2D eigenvalue weighted by molar-refractivity contribution is 6.02. The fraction of sp³-hybridized carbons (Fsp3) is 0.0714. The highest BCUT2D eigenvalue weighted by atomic mass is 16.1. The molecular formula is C14H14N4O2. The van der Waals surface area contributed by atoms with Gasteiger partial charge in [-0.3, -0.25) is 14.3 Å². The number of amides is 2.